The van der Waals surface area contributed by atoms with E-state index in [9.17, 15) is 0 Å². The Bertz CT molecular complexity index is 6410. The molecule has 20 aromatic rings. The Labute approximate surface area is 711 Å². The first-order valence-electron chi connectivity index (χ1n) is 40.8. The van der Waals surface area contributed by atoms with Crippen LogP contribution in [-0.4, -0.2) is 0 Å². The number of hydrogen-bond donors (Lipinski definition) is 0. The summed E-state index contributed by atoms with van der Waals surface area (Å²) in [6.07, 6.45) is 0. The molecular formula is C114H82N4O2S. The van der Waals surface area contributed by atoms with Crippen molar-refractivity contribution in [1.29, 1.82) is 0 Å². The molecular weight excluding hydrogens is 1490 g/mol. The van der Waals surface area contributed by atoms with Crippen LogP contribution in [-0.2, 0) is 0 Å². The normalized spacial score (nSPS) is 11.0. The third-order valence-corrected chi connectivity index (χ3v) is 23.1. The van der Waals surface area contributed by atoms with Crippen LogP contribution in [0.2, 0.25) is 0 Å². The number of rotatable bonds is 22. The molecule has 121 heavy (non-hydrogen) atoms. The summed E-state index contributed by atoms with van der Waals surface area (Å²) in [5, 5.41) is 0. The van der Waals surface area contributed by atoms with Crippen LogP contribution in [0.1, 0.15) is 0 Å². The highest BCUT2D eigenvalue weighted by molar-refractivity contribution is 7.18. The lowest BCUT2D eigenvalue weighted by molar-refractivity contribution is 0.597. The molecule has 7 heteroatoms. The molecule has 6 nitrogen and oxygen atoms in total. The smallest absolute Gasteiger partial charge is 0.134 e. The Hall–Kier alpha value is -15.8. The number of hydrogen-bond acceptors (Lipinski definition) is 7. The zero-order valence-corrected chi connectivity index (χ0v) is 67.2. The molecule has 0 amide bonds. The topological polar surface area (TPSA) is 39.2 Å². The lowest BCUT2D eigenvalue weighted by Crippen LogP contribution is -2.10. The maximum atomic E-state index is 6.26. The second-order valence-corrected chi connectivity index (χ2v) is 30.7. The molecule has 0 saturated carbocycles. The van der Waals surface area contributed by atoms with Gasteiger partial charge in [-0.2, -0.15) is 0 Å². The van der Waals surface area contributed by atoms with Crippen LogP contribution < -0.4 is 19.6 Å². The van der Waals surface area contributed by atoms with Gasteiger partial charge in [0.15, 0.2) is 0 Å². The lowest BCUT2D eigenvalue weighted by Gasteiger charge is -2.26. The average molecular weight is 1570 g/mol. The Morgan fingerprint density at radius 2 is 0.256 bits per heavy atom. The van der Waals surface area contributed by atoms with E-state index in [1.54, 1.807) is 0 Å². The van der Waals surface area contributed by atoms with Crippen molar-refractivity contribution in [2.24, 2.45) is 0 Å². The van der Waals surface area contributed by atoms with Crippen LogP contribution in [0.25, 0.3) is 111 Å². The maximum absolute atomic E-state index is 6.26. The van der Waals surface area contributed by atoms with Gasteiger partial charge in [0.25, 0.3) is 0 Å². The van der Waals surface area contributed by atoms with E-state index in [2.05, 4.69) is 456 Å². The standard InChI is InChI=1S/C58H42N2S.C56H40N2O2/c1-5-13-43(14-6-1)45-21-31-53(32-22-45)60(54-33-23-46(24-34-54)44-15-7-2-8-16-44)55-37-27-48(28-38-55)47-25-35-52(36-26-47)59(51-19-11-4-12-20-51)56-39-29-50(30-40-56)58-42-41-57(61-58)49-17-9-3-10-18-49;1-5-13-43(14-6-1)53-37-39-55(59-53)45-25-33-51(34-26-45)57(47-17-9-3-10-18-47)49-29-21-41(22-30-49)42-23-31-50(32-24-42)58(48-19-11-4-12-20-48)52-35-27-46(28-36-52)56-40-38-54(60-56)44-15-7-2-8-16-44/h1-42H;1-40H. The van der Waals surface area contributed by atoms with Gasteiger partial charge >= 0.3 is 0 Å². The minimum absolute atomic E-state index is 0.842. The van der Waals surface area contributed by atoms with Gasteiger partial charge in [0, 0.05) is 100 Å². The van der Waals surface area contributed by atoms with Gasteiger partial charge in [-0.25, -0.2) is 0 Å². The van der Waals surface area contributed by atoms with E-state index in [0.29, 0.717) is 0 Å². The quantitative estimate of drug-likeness (QED) is 0.0673. The number of benzene rings is 17. The van der Waals surface area contributed by atoms with Crippen molar-refractivity contribution in [3.8, 4) is 111 Å². The molecule has 0 radical (unpaired) electrons. The van der Waals surface area contributed by atoms with Crippen molar-refractivity contribution in [3.05, 3.63) is 497 Å². The monoisotopic (exact) mass is 1570 g/mol. The Morgan fingerprint density at radius 1 is 0.116 bits per heavy atom. The van der Waals surface area contributed by atoms with E-state index in [4.69, 9.17) is 8.83 Å². The van der Waals surface area contributed by atoms with Crippen molar-refractivity contribution in [2.45, 2.75) is 0 Å². The van der Waals surface area contributed by atoms with Crippen molar-refractivity contribution in [2.75, 3.05) is 19.6 Å². The predicted octanol–water partition coefficient (Wildman–Crippen LogP) is 33.2. The van der Waals surface area contributed by atoms with E-state index in [0.717, 1.165) is 136 Å². The molecule has 0 atom stereocenters. The fourth-order valence-corrected chi connectivity index (χ4v) is 16.7. The molecule has 0 aliphatic rings. The first kappa shape index (κ1) is 75.3. The summed E-state index contributed by atoms with van der Waals surface area (Å²) in [6, 6.07) is 176. The van der Waals surface area contributed by atoms with Crippen molar-refractivity contribution < 1.29 is 8.83 Å². The number of para-hydroxylation sites is 3. The molecule has 0 saturated heterocycles. The van der Waals surface area contributed by atoms with Gasteiger partial charge in [-0.3, -0.25) is 0 Å². The van der Waals surface area contributed by atoms with Crippen molar-refractivity contribution in [3.63, 3.8) is 0 Å². The molecule has 0 unspecified atom stereocenters. The molecule has 17 aromatic carbocycles. The highest BCUT2D eigenvalue weighted by Gasteiger charge is 2.21. The molecule has 576 valence electrons. The fraction of sp³-hybridized carbons (Fsp3) is 0. The average Bonchev–Trinajstić information content (AvgIpc) is 1.65. The lowest BCUT2D eigenvalue weighted by atomic mass is 10.0. The van der Waals surface area contributed by atoms with Gasteiger partial charge in [0.05, 0.1) is 0 Å². The van der Waals surface area contributed by atoms with Gasteiger partial charge in [-0.05, 0) is 262 Å². The summed E-state index contributed by atoms with van der Waals surface area (Å²) in [6.45, 7) is 0. The van der Waals surface area contributed by atoms with E-state index in [1.165, 1.54) is 43.1 Å². The van der Waals surface area contributed by atoms with Gasteiger partial charge < -0.3 is 28.4 Å². The molecule has 0 bridgehead atoms. The van der Waals surface area contributed by atoms with E-state index in [-0.39, 0.29) is 0 Å². The van der Waals surface area contributed by atoms with E-state index < -0.39 is 0 Å². The summed E-state index contributed by atoms with van der Waals surface area (Å²) < 4.78 is 12.5. The van der Waals surface area contributed by atoms with Gasteiger partial charge in [-0.1, -0.05) is 291 Å². The summed E-state index contributed by atoms with van der Waals surface area (Å²) in [5.41, 5.74) is 29.1. The number of nitrogens with zero attached hydrogens (tertiary/aromatic N) is 4. The number of anilines is 12. The van der Waals surface area contributed by atoms with Crippen LogP contribution >= 0.6 is 11.3 Å². The van der Waals surface area contributed by atoms with Crippen LogP contribution in [0.3, 0.4) is 0 Å². The summed E-state index contributed by atoms with van der Waals surface area (Å²) in [7, 11) is 0. The van der Waals surface area contributed by atoms with Crippen LogP contribution in [0.4, 0.5) is 68.2 Å². The predicted molar refractivity (Wildman–Crippen MR) is 508 cm³/mol. The first-order valence-corrected chi connectivity index (χ1v) is 41.6. The highest BCUT2D eigenvalue weighted by Crippen LogP contribution is 2.45. The summed E-state index contributed by atoms with van der Waals surface area (Å²) >= 11 is 1.83. The Morgan fingerprint density at radius 3 is 0.471 bits per heavy atom. The first-order chi connectivity index (χ1) is 60.0. The molecule has 0 aliphatic heterocycles. The third-order valence-electron chi connectivity index (χ3n) is 21.9. The highest BCUT2D eigenvalue weighted by atomic mass is 32.1. The number of thiophene rings is 1. The zero-order chi connectivity index (χ0) is 80.9. The van der Waals surface area contributed by atoms with Crippen LogP contribution in [0.15, 0.2) is 506 Å². The molecule has 0 aliphatic carbocycles. The maximum Gasteiger partial charge on any atom is 0.134 e. The second kappa shape index (κ2) is 35.3. The largest absolute Gasteiger partial charge is 0.456 e. The van der Waals surface area contributed by atoms with Gasteiger partial charge in [-0.15, -0.1) is 11.3 Å². The Kier molecular flexibility index (Phi) is 22.0. The molecule has 0 N–H and O–H groups in total. The number of furan rings is 2. The molecule has 3 aromatic heterocycles. The van der Waals surface area contributed by atoms with Crippen LogP contribution in [0, 0.1) is 0 Å². The third kappa shape index (κ3) is 17.0. The van der Waals surface area contributed by atoms with E-state index in [1.807, 2.05) is 72.0 Å². The Balaban J connectivity index is 0.000000160. The molecule has 3 heterocycles. The van der Waals surface area contributed by atoms with Gasteiger partial charge in [0.1, 0.15) is 23.0 Å². The second-order valence-electron chi connectivity index (χ2n) is 29.6. The molecule has 0 spiro atoms. The zero-order valence-electron chi connectivity index (χ0n) is 66.4. The fourth-order valence-electron chi connectivity index (χ4n) is 15.7. The molecule has 0 fully saturated rings. The minimum atomic E-state index is 0.842. The minimum Gasteiger partial charge on any atom is -0.456 e. The van der Waals surface area contributed by atoms with Gasteiger partial charge in [0.2, 0.25) is 0 Å². The SMILES string of the molecule is c1ccc(-c2ccc(-c3ccc(N(c4ccccc4)c4ccc(-c5ccc(N(c6ccccc6)c6ccc(-c7ccc(-c8ccccc8)o7)cc6)cc5)cc4)cc3)o2)cc1.c1ccc(-c2ccc(N(c3ccc(-c4ccccc4)cc3)c3ccc(-c4ccc(N(c5ccccc5)c5ccc(-c6ccc(-c7ccccc7)s6)cc5)cc4)cc3)cc2)cc1. The summed E-state index contributed by atoms with van der Waals surface area (Å²) in [4.78, 5) is 11.8. The van der Waals surface area contributed by atoms with Crippen molar-refractivity contribution >= 4 is 79.6 Å². The molecule has 20 rings (SSSR count). The van der Waals surface area contributed by atoms with E-state index >= 15 is 0 Å². The van der Waals surface area contributed by atoms with Crippen LogP contribution in [0.5, 0.6) is 0 Å². The summed E-state index contributed by atoms with van der Waals surface area (Å²) in [5.74, 6) is 3.40. The van der Waals surface area contributed by atoms with Crippen molar-refractivity contribution in [1.82, 2.24) is 0 Å².